The van der Waals surface area contributed by atoms with E-state index in [0.717, 1.165) is 35.8 Å². The lowest BCUT2D eigenvalue weighted by Gasteiger charge is -2.17. The summed E-state index contributed by atoms with van der Waals surface area (Å²) in [6.07, 6.45) is 2.07. The SMILES string of the molecule is CN=C(NCc1cc(-c2ccccc2)on1)NC(C)CCc1ccccc1.I. The number of hydrogen-bond acceptors (Lipinski definition) is 3. The van der Waals surface area contributed by atoms with E-state index in [-0.39, 0.29) is 24.0 Å². The topological polar surface area (TPSA) is 62.5 Å². The zero-order valence-electron chi connectivity index (χ0n) is 16.3. The number of halogens is 1. The van der Waals surface area contributed by atoms with Gasteiger partial charge in [0.05, 0.1) is 6.54 Å². The Bertz CT molecular complexity index is 849. The molecular formula is C22H27IN4O. The van der Waals surface area contributed by atoms with E-state index in [1.54, 1.807) is 7.05 Å². The minimum atomic E-state index is 0. The van der Waals surface area contributed by atoms with Crippen molar-refractivity contribution in [3.8, 4) is 11.3 Å². The van der Waals surface area contributed by atoms with Gasteiger partial charge in [-0.2, -0.15) is 0 Å². The van der Waals surface area contributed by atoms with Crippen LogP contribution in [0, 0.1) is 0 Å². The number of benzene rings is 2. The molecule has 1 heterocycles. The number of aromatic nitrogens is 1. The lowest BCUT2D eigenvalue weighted by Crippen LogP contribution is -2.42. The maximum absolute atomic E-state index is 5.44. The van der Waals surface area contributed by atoms with Gasteiger partial charge in [0, 0.05) is 24.7 Å². The maximum atomic E-state index is 5.44. The second kappa shape index (κ2) is 11.5. The van der Waals surface area contributed by atoms with Crippen molar-refractivity contribution >= 4 is 29.9 Å². The van der Waals surface area contributed by atoms with Gasteiger partial charge in [-0.15, -0.1) is 24.0 Å². The molecule has 6 heteroatoms. The van der Waals surface area contributed by atoms with Crippen LogP contribution in [0.1, 0.15) is 24.6 Å². The number of aryl methyl sites for hydroxylation is 1. The summed E-state index contributed by atoms with van der Waals surface area (Å²) in [5.41, 5.74) is 3.21. The highest BCUT2D eigenvalue weighted by atomic mass is 127. The number of nitrogens with one attached hydrogen (secondary N) is 2. The minimum Gasteiger partial charge on any atom is -0.356 e. The quantitative estimate of drug-likeness (QED) is 0.288. The highest BCUT2D eigenvalue weighted by Crippen LogP contribution is 2.19. The van der Waals surface area contributed by atoms with Crippen LogP contribution in [0.25, 0.3) is 11.3 Å². The van der Waals surface area contributed by atoms with E-state index in [2.05, 4.69) is 52.0 Å². The Labute approximate surface area is 183 Å². The molecular weight excluding hydrogens is 463 g/mol. The predicted octanol–water partition coefficient (Wildman–Crippen LogP) is 4.65. The Kier molecular flexibility index (Phi) is 9.00. The zero-order valence-corrected chi connectivity index (χ0v) is 18.6. The average molecular weight is 490 g/mol. The highest BCUT2D eigenvalue weighted by molar-refractivity contribution is 14.0. The molecule has 28 heavy (non-hydrogen) atoms. The summed E-state index contributed by atoms with van der Waals surface area (Å²) in [7, 11) is 1.78. The average Bonchev–Trinajstić information content (AvgIpc) is 3.20. The van der Waals surface area contributed by atoms with E-state index in [0.29, 0.717) is 12.6 Å². The molecule has 0 aliphatic carbocycles. The Morgan fingerprint density at radius 3 is 2.43 bits per heavy atom. The van der Waals surface area contributed by atoms with E-state index in [9.17, 15) is 0 Å². The van der Waals surface area contributed by atoms with Gasteiger partial charge in [0.25, 0.3) is 0 Å². The first-order chi connectivity index (χ1) is 13.2. The number of nitrogens with zero attached hydrogens (tertiary/aromatic N) is 2. The lowest BCUT2D eigenvalue weighted by atomic mass is 10.1. The largest absolute Gasteiger partial charge is 0.356 e. The minimum absolute atomic E-state index is 0. The Hall–Kier alpha value is -2.35. The Morgan fingerprint density at radius 2 is 1.75 bits per heavy atom. The van der Waals surface area contributed by atoms with Gasteiger partial charge in [-0.05, 0) is 25.3 Å². The van der Waals surface area contributed by atoms with Crippen LogP contribution in [-0.4, -0.2) is 24.2 Å². The van der Waals surface area contributed by atoms with E-state index in [1.165, 1.54) is 5.56 Å². The summed E-state index contributed by atoms with van der Waals surface area (Å²) in [5, 5.41) is 10.9. The van der Waals surface area contributed by atoms with E-state index in [1.807, 2.05) is 42.5 Å². The van der Waals surface area contributed by atoms with Crippen LogP contribution in [0.4, 0.5) is 0 Å². The van der Waals surface area contributed by atoms with Gasteiger partial charge in [0.2, 0.25) is 0 Å². The van der Waals surface area contributed by atoms with Crippen molar-refractivity contribution in [3.63, 3.8) is 0 Å². The Morgan fingerprint density at radius 1 is 1.07 bits per heavy atom. The normalized spacial score (nSPS) is 12.1. The van der Waals surface area contributed by atoms with E-state index < -0.39 is 0 Å². The third-order valence-corrected chi connectivity index (χ3v) is 4.37. The molecule has 3 rings (SSSR count). The van der Waals surface area contributed by atoms with Crippen molar-refractivity contribution in [3.05, 3.63) is 78.0 Å². The number of guanidine groups is 1. The first-order valence-corrected chi connectivity index (χ1v) is 9.26. The maximum Gasteiger partial charge on any atom is 0.191 e. The summed E-state index contributed by atoms with van der Waals surface area (Å²) in [4.78, 5) is 4.30. The van der Waals surface area contributed by atoms with E-state index in [4.69, 9.17) is 4.52 Å². The van der Waals surface area contributed by atoms with Gasteiger partial charge in [-0.3, -0.25) is 4.99 Å². The molecule has 0 amide bonds. The number of aliphatic imine (C=N–C) groups is 1. The van der Waals surface area contributed by atoms with Crippen LogP contribution in [0.5, 0.6) is 0 Å². The summed E-state index contributed by atoms with van der Waals surface area (Å²) in [6.45, 7) is 2.72. The first kappa shape index (κ1) is 21.9. The molecule has 0 aliphatic heterocycles. The molecule has 1 unspecified atom stereocenters. The fraction of sp³-hybridized carbons (Fsp3) is 0.273. The zero-order chi connectivity index (χ0) is 18.9. The van der Waals surface area contributed by atoms with Crippen LogP contribution in [-0.2, 0) is 13.0 Å². The molecule has 148 valence electrons. The summed E-state index contributed by atoms with van der Waals surface area (Å²) in [6, 6.07) is 22.8. The van der Waals surface area contributed by atoms with Gasteiger partial charge in [-0.1, -0.05) is 65.8 Å². The second-order valence-electron chi connectivity index (χ2n) is 6.54. The van der Waals surface area contributed by atoms with Crippen LogP contribution >= 0.6 is 24.0 Å². The van der Waals surface area contributed by atoms with Crippen molar-refractivity contribution in [2.24, 2.45) is 4.99 Å². The van der Waals surface area contributed by atoms with E-state index >= 15 is 0 Å². The molecule has 0 fully saturated rings. The van der Waals surface area contributed by atoms with Crippen molar-refractivity contribution in [1.82, 2.24) is 15.8 Å². The molecule has 0 radical (unpaired) electrons. The molecule has 3 aromatic rings. The summed E-state index contributed by atoms with van der Waals surface area (Å²) in [5.74, 6) is 1.53. The molecule has 0 spiro atoms. The van der Waals surface area contributed by atoms with Crippen molar-refractivity contribution in [1.29, 1.82) is 0 Å². The molecule has 1 aromatic heterocycles. The highest BCUT2D eigenvalue weighted by Gasteiger charge is 2.09. The fourth-order valence-corrected chi connectivity index (χ4v) is 2.84. The van der Waals surface area contributed by atoms with Crippen LogP contribution in [0.3, 0.4) is 0 Å². The van der Waals surface area contributed by atoms with Crippen molar-refractivity contribution < 1.29 is 4.52 Å². The predicted molar refractivity (Wildman–Crippen MR) is 125 cm³/mol. The molecule has 0 bridgehead atoms. The molecule has 5 nitrogen and oxygen atoms in total. The smallest absolute Gasteiger partial charge is 0.191 e. The number of hydrogen-bond donors (Lipinski definition) is 2. The molecule has 0 saturated heterocycles. The third-order valence-electron chi connectivity index (χ3n) is 4.37. The van der Waals surface area contributed by atoms with Gasteiger partial charge < -0.3 is 15.2 Å². The van der Waals surface area contributed by atoms with Gasteiger partial charge in [0.15, 0.2) is 11.7 Å². The first-order valence-electron chi connectivity index (χ1n) is 9.26. The fourth-order valence-electron chi connectivity index (χ4n) is 2.84. The number of rotatable bonds is 7. The lowest BCUT2D eigenvalue weighted by molar-refractivity contribution is 0.422. The van der Waals surface area contributed by atoms with Gasteiger partial charge in [0.1, 0.15) is 5.69 Å². The van der Waals surface area contributed by atoms with Gasteiger partial charge >= 0.3 is 0 Å². The summed E-state index contributed by atoms with van der Waals surface area (Å²) >= 11 is 0. The summed E-state index contributed by atoms with van der Waals surface area (Å²) < 4.78 is 5.44. The molecule has 1 atom stereocenters. The van der Waals surface area contributed by atoms with Crippen molar-refractivity contribution in [2.75, 3.05) is 7.05 Å². The van der Waals surface area contributed by atoms with Crippen LogP contribution in [0.2, 0.25) is 0 Å². The van der Waals surface area contributed by atoms with Crippen LogP contribution < -0.4 is 10.6 Å². The van der Waals surface area contributed by atoms with Gasteiger partial charge in [-0.25, -0.2) is 0 Å². The Balaban J connectivity index is 0.00000280. The molecule has 2 aromatic carbocycles. The monoisotopic (exact) mass is 490 g/mol. The van der Waals surface area contributed by atoms with Crippen molar-refractivity contribution in [2.45, 2.75) is 32.4 Å². The second-order valence-corrected chi connectivity index (χ2v) is 6.54. The molecule has 0 saturated carbocycles. The molecule has 2 N–H and O–H groups in total. The third kappa shape index (κ3) is 6.67. The van der Waals surface area contributed by atoms with Crippen LogP contribution in [0.15, 0.2) is 76.2 Å². The molecule has 0 aliphatic rings. The standard InChI is InChI=1S/C22H26N4O.HI/c1-17(13-14-18-9-5-3-6-10-18)25-22(23-2)24-16-20-15-21(27-26-20)19-11-7-4-8-12-19;/h3-12,15,17H,13-14,16H2,1-2H3,(H2,23,24,25);1H.